The van der Waals surface area contributed by atoms with Crippen molar-refractivity contribution in [3.63, 3.8) is 0 Å². The summed E-state index contributed by atoms with van der Waals surface area (Å²) in [6, 6.07) is 9.94. The van der Waals surface area contributed by atoms with Crippen LogP contribution in [0, 0.1) is 13.8 Å². The molecular weight excluding hydrogens is 374 g/mol. The molecule has 28 heavy (non-hydrogen) atoms. The number of amides is 1. The highest BCUT2D eigenvalue weighted by molar-refractivity contribution is 8.00. The second kappa shape index (κ2) is 7.01. The first-order valence-electron chi connectivity index (χ1n) is 9.26. The zero-order chi connectivity index (χ0) is 20.0. The number of aromatic nitrogens is 4. The molecule has 1 atom stereocenters. The van der Waals surface area contributed by atoms with Gasteiger partial charge < -0.3 is 5.32 Å². The number of hydrogen-bond donors (Lipinski definition) is 2. The van der Waals surface area contributed by atoms with Crippen LogP contribution in [0.15, 0.2) is 35.1 Å². The molecule has 2 aromatic heterocycles. The SMILES string of the molecule is Cc1nn(-c2ccccc2)c(C)c1C1SCC(=O)Nc2c1c(=O)[nH]n2C(C)C. The van der Waals surface area contributed by atoms with E-state index < -0.39 is 0 Å². The monoisotopic (exact) mass is 397 g/mol. The highest BCUT2D eigenvalue weighted by Crippen LogP contribution is 2.43. The van der Waals surface area contributed by atoms with Crippen molar-refractivity contribution in [1.82, 2.24) is 19.6 Å². The Balaban J connectivity index is 1.91. The standard InChI is InChI=1S/C20H23N5O2S/c1-11(2)24-19-17(20(27)23-24)18(28-10-15(26)21-19)16-12(3)22-25(13(16)4)14-8-6-5-7-9-14/h5-9,11,18H,10H2,1-4H3,(H,21,26)(H,23,27). The first-order valence-corrected chi connectivity index (χ1v) is 10.3. The number of rotatable bonds is 3. The lowest BCUT2D eigenvalue weighted by molar-refractivity contribution is -0.113. The second-order valence-corrected chi connectivity index (χ2v) is 8.33. The Hall–Kier alpha value is -2.74. The fourth-order valence-electron chi connectivity index (χ4n) is 3.71. The third-order valence-electron chi connectivity index (χ3n) is 4.99. The van der Waals surface area contributed by atoms with Gasteiger partial charge in [0.15, 0.2) is 0 Å². The van der Waals surface area contributed by atoms with Gasteiger partial charge in [-0.3, -0.25) is 19.4 Å². The maximum absolute atomic E-state index is 12.9. The minimum absolute atomic E-state index is 0.0229. The van der Waals surface area contributed by atoms with E-state index >= 15 is 0 Å². The highest BCUT2D eigenvalue weighted by Gasteiger charge is 2.34. The number of nitrogens with one attached hydrogen (secondary N) is 2. The summed E-state index contributed by atoms with van der Waals surface area (Å²) in [7, 11) is 0. The molecule has 0 saturated carbocycles. The van der Waals surface area contributed by atoms with Crippen LogP contribution in [0.4, 0.5) is 5.82 Å². The van der Waals surface area contributed by atoms with Crippen LogP contribution < -0.4 is 10.9 Å². The Morgan fingerprint density at radius 1 is 1.14 bits per heavy atom. The minimum Gasteiger partial charge on any atom is -0.310 e. The van der Waals surface area contributed by atoms with E-state index in [1.807, 2.05) is 62.7 Å². The lowest BCUT2D eigenvalue weighted by Crippen LogP contribution is -2.17. The molecule has 3 heterocycles. The Kier molecular flexibility index (Phi) is 4.66. The molecule has 146 valence electrons. The van der Waals surface area contributed by atoms with Gasteiger partial charge in [-0.2, -0.15) is 5.10 Å². The number of aromatic amines is 1. The van der Waals surface area contributed by atoms with Gasteiger partial charge in [0.05, 0.1) is 27.9 Å². The zero-order valence-corrected chi connectivity index (χ0v) is 17.1. The van der Waals surface area contributed by atoms with Gasteiger partial charge in [-0.1, -0.05) is 18.2 Å². The quantitative estimate of drug-likeness (QED) is 0.710. The molecule has 1 aliphatic rings. The lowest BCUT2D eigenvalue weighted by atomic mass is 10.0. The molecule has 1 aromatic carbocycles. The normalized spacial score (nSPS) is 16.8. The topological polar surface area (TPSA) is 84.7 Å². The fraction of sp³-hybridized carbons (Fsp3) is 0.350. The summed E-state index contributed by atoms with van der Waals surface area (Å²) in [5, 5.41) is 10.3. The Morgan fingerprint density at radius 2 is 1.86 bits per heavy atom. The number of anilines is 1. The van der Waals surface area contributed by atoms with Crippen LogP contribution in [0.5, 0.6) is 0 Å². The van der Waals surface area contributed by atoms with Crippen molar-refractivity contribution < 1.29 is 4.79 Å². The molecule has 7 nitrogen and oxygen atoms in total. The van der Waals surface area contributed by atoms with Gasteiger partial charge in [0.25, 0.3) is 5.56 Å². The summed E-state index contributed by atoms with van der Waals surface area (Å²) in [6.07, 6.45) is 0. The average molecular weight is 398 g/mol. The molecule has 3 aromatic rings. The highest BCUT2D eigenvalue weighted by atomic mass is 32.2. The molecule has 0 aliphatic carbocycles. The van der Waals surface area contributed by atoms with E-state index in [0.717, 1.165) is 22.6 Å². The van der Waals surface area contributed by atoms with Crippen LogP contribution in [0.3, 0.4) is 0 Å². The smallest absolute Gasteiger partial charge is 0.270 e. The number of aryl methyl sites for hydroxylation is 1. The van der Waals surface area contributed by atoms with Crippen LogP contribution in [0.25, 0.3) is 5.69 Å². The van der Waals surface area contributed by atoms with E-state index in [-0.39, 0.29) is 28.5 Å². The third kappa shape index (κ3) is 2.97. The summed E-state index contributed by atoms with van der Waals surface area (Å²) >= 11 is 1.47. The number of carbonyl (C=O) groups is 1. The van der Waals surface area contributed by atoms with Gasteiger partial charge in [-0.05, 0) is 39.8 Å². The molecule has 0 spiro atoms. The van der Waals surface area contributed by atoms with Crippen molar-refractivity contribution in [1.29, 1.82) is 0 Å². The summed E-state index contributed by atoms with van der Waals surface area (Å²) in [4.78, 5) is 25.2. The van der Waals surface area contributed by atoms with Crippen molar-refractivity contribution in [3.8, 4) is 5.69 Å². The van der Waals surface area contributed by atoms with E-state index in [1.165, 1.54) is 11.8 Å². The maximum atomic E-state index is 12.9. The van der Waals surface area contributed by atoms with Crippen molar-refractivity contribution >= 4 is 23.5 Å². The first kappa shape index (κ1) is 18.6. The Bertz CT molecular complexity index is 1090. The second-order valence-electron chi connectivity index (χ2n) is 7.24. The van der Waals surface area contributed by atoms with Crippen LogP contribution in [0.1, 0.15) is 47.7 Å². The number of para-hydroxylation sites is 1. The zero-order valence-electron chi connectivity index (χ0n) is 16.3. The van der Waals surface area contributed by atoms with Gasteiger partial charge in [-0.25, -0.2) is 4.68 Å². The molecule has 0 fully saturated rings. The van der Waals surface area contributed by atoms with Crippen molar-refractivity contribution in [2.45, 2.75) is 39.0 Å². The lowest BCUT2D eigenvalue weighted by Gasteiger charge is -2.15. The molecule has 8 heteroatoms. The maximum Gasteiger partial charge on any atom is 0.270 e. The molecule has 1 aliphatic heterocycles. The van der Waals surface area contributed by atoms with E-state index in [4.69, 9.17) is 5.10 Å². The van der Waals surface area contributed by atoms with E-state index in [2.05, 4.69) is 10.4 Å². The number of fused-ring (bicyclic) bond motifs is 1. The number of thioether (sulfide) groups is 1. The van der Waals surface area contributed by atoms with Crippen LogP contribution >= 0.6 is 11.8 Å². The summed E-state index contributed by atoms with van der Waals surface area (Å²) in [5.74, 6) is 0.742. The predicted octanol–water partition coefficient (Wildman–Crippen LogP) is 3.33. The largest absolute Gasteiger partial charge is 0.310 e. The van der Waals surface area contributed by atoms with Gasteiger partial charge in [0.1, 0.15) is 5.82 Å². The minimum atomic E-state index is -0.268. The van der Waals surface area contributed by atoms with Crippen LogP contribution in [0.2, 0.25) is 0 Å². The van der Waals surface area contributed by atoms with Gasteiger partial charge in [0, 0.05) is 17.3 Å². The Morgan fingerprint density at radius 3 is 2.54 bits per heavy atom. The average Bonchev–Trinajstić information content (AvgIpc) is 3.07. The summed E-state index contributed by atoms with van der Waals surface area (Å²) < 4.78 is 3.64. The molecule has 1 amide bonds. The third-order valence-corrected chi connectivity index (χ3v) is 6.22. The van der Waals surface area contributed by atoms with E-state index in [1.54, 1.807) is 4.68 Å². The summed E-state index contributed by atoms with van der Waals surface area (Å²) in [6.45, 7) is 7.91. The fourth-order valence-corrected chi connectivity index (χ4v) is 5.00. The molecule has 0 bridgehead atoms. The predicted molar refractivity (Wildman–Crippen MR) is 111 cm³/mol. The van der Waals surface area contributed by atoms with Crippen molar-refractivity contribution in [3.05, 3.63) is 63.2 Å². The number of nitrogens with zero attached hydrogens (tertiary/aromatic N) is 3. The number of carbonyl (C=O) groups excluding carboxylic acids is 1. The molecule has 2 N–H and O–H groups in total. The van der Waals surface area contributed by atoms with Crippen LogP contribution in [-0.2, 0) is 4.79 Å². The molecule has 0 saturated heterocycles. The van der Waals surface area contributed by atoms with Crippen LogP contribution in [-0.4, -0.2) is 31.2 Å². The van der Waals surface area contributed by atoms with Gasteiger partial charge in [-0.15, -0.1) is 11.8 Å². The summed E-state index contributed by atoms with van der Waals surface area (Å²) in [5.41, 5.74) is 4.20. The Labute approximate surface area is 167 Å². The first-order chi connectivity index (χ1) is 13.4. The van der Waals surface area contributed by atoms with Gasteiger partial charge >= 0.3 is 0 Å². The number of hydrogen-bond acceptors (Lipinski definition) is 4. The van der Waals surface area contributed by atoms with E-state index in [9.17, 15) is 9.59 Å². The number of benzene rings is 1. The van der Waals surface area contributed by atoms with Gasteiger partial charge in [0.2, 0.25) is 5.91 Å². The molecule has 1 unspecified atom stereocenters. The molecular formula is C20H23N5O2S. The molecule has 4 rings (SSSR count). The van der Waals surface area contributed by atoms with E-state index in [0.29, 0.717) is 11.4 Å². The number of H-pyrrole nitrogens is 1. The van der Waals surface area contributed by atoms with Crippen molar-refractivity contribution in [2.24, 2.45) is 0 Å². The van der Waals surface area contributed by atoms with Crippen molar-refractivity contribution in [2.75, 3.05) is 11.1 Å². The molecule has 0 radical (unpaired) electrons.